The molecule has 0 radical (unpaired) electrons. The highest BCUT2D eigenvalue weighted by Gasteiger charge is 2.25. The van der Waals surface area contributed by atoms with Crippen molar-refractivity contribution >= 4 is 17.5 Å². The van der Waals surface area contributed by atoms with Crippen molar-refractivity contribution in [3.8, 4) is 5.75 Å². The smallest absolute Gasteiger partial charge is 0.228 e. The number of anilines is 1. The number of hydrogen-bond acceptors (Lipinski definition) is 4. The molecule has 1 fully saturated rings. The van der Waals surface area contributed by atoms with E-state index in [4.69, 9.17) is 4.74 Å². The fourth-order valence-electron chi connectivity index (χ4n) is 4.63. The largest absolute Gasteiger partial charge is 0.497 e. The van der Waals surface area contributed by atoms with Crippen LogP contribution < -0.4 is 9.64 Å². The van der Waals surface area contributed by atoms with Gasteiger partial charge >= 0.3 is 0 Å². The van der Waals surface area contributed by atoms with Crippen molar-refractivity contribution in [1.82, 2.24) is 9.80 Å². The summed E-state index contributed by atoms with van der Waals surface area (Å²) in [6.45, 7) is 4.85. The molecule has 0 aromatic heterocycles. The van der Waals surface area contributed by atoms with E-state index in [2.05, 4.69) is 11.0 Å². The summed E-state index contributed by atoms with van der Waals surface area (Å²) in [6, 6.07) is 16.1. The normalized spacial score (nSPS) is 16.5. The second-order valence-corrected chi connectivity index (χ2v) is 8.60. The number of rotatable bonds is 7. The second-order valence-electron chi connectivity index (χ2n) is 8.60. The zero-order chi connectivity index (χ0) is 22.3. The monoisotopic (exact) mass is 435 g/mol. The Morgan fingerprint density at radius 1 is 0.875 bits per heavy atom. The summed E-state index contributed by atoms with van der Waals surface area (Å²) in [5.41, 5.74) is 3.49. The van der Waals surface area contributed by atoms with Gasteiger partial charge in [0, 0.05) is 51.3 Å². The van der Waals surface area contributed by atoms with Gasteiger partial charge in [-0.1, -0.05) is 30.3 Å². The number of amides is 2. The van der Waals surface area contributed by atoms with Gasteiger partial charge in [-0.2, -0.15) is 0 Å². The van der Waals surface area contributed by atoms with Crippen molar-refractivity contribution < 1.29 is 14.3 Å². The number of fused-ring (bicyclic) bond motifs is 1. The van der Waals surface area contributed by atoms with Crippen LogP contribution in [-0.4, -0.2) is 68.0 Å². The Labute approximate surface area is 190 Å². The lowest BCUT2D eigenvalue weighted by molar-refractivity contribution is -0.131. The van der Waals surface area contributed by atoms with E-state index < -0.39 is 0 Å². The van der Waals surface area contributed by atoms with Crippen LogP contribution >= 0.6 is 0 Å². The molecule has 1 saturated heterocycles. The van der Waals surface area contributed by atoms with Gasteiger partial charge in [0.2, 0.25) is 11.8 Å². The van der Waals surface area contributed by atoms with Crippen molar-refractivity contribution in [2.24, 2.45) is 0 Å². The van der Waals surface area contributed by atoms with Gasteiger partial charge in [-0.25, -0.2) is 0 Å². The minimum atomic E-state index is 0.201. The number of carbonyl (C=O) groups excluding carboxylic acids is 2. The zero-order valence-electron chi connectivity index (χ0n) is 19.0. The van der Waals surface area contributed by atoms with E-state index in [0.717, 1.165) is 75.5 Å². The van der Waals surface area contributed by atoms with Crippen molar-refractivity contribution in [2.45, 2.75) is 32.1 Å². The third kappa shape index (κ3) is 5.49. The maximum absolute atomic E-state index is 12.8. The van der Waals surface area contributed by atoms with E-state index in [1.54, 1.807) is 7.11 Å². The van der Waals surface area contributed by atoms with Crippen LogP contribution in [0.5, 0.6) is 5.75 Å². The molecular formula is C26H33N3O3. The molecule has 0 aliphatic carbocycles. The van der Waals surface area contributed by atoms with Gasteiger partial charge in [0.05, 0.1) is 7.11 Å². The van der Waals surface area contributed by atoms with Crippen LogP contribution in [0.3, 0.4) is 0 Å². The first-order valence-corrected chi connectivity index (χ1v) is 11.7. The highest BCUT2D eigenvalue weighted by molar-refractivity contribution is 5.95. The van der Waals surface area contributed by atoms with Gasteiger partial charge in [-0.15, -0.1) is 0 Å². The Hall–Kier alpha value is -2.86. The number of aryl methyl sites for hydroxylation is 1. The van der Waals surface area contributed by atoms with Crippen LogP contribution in [0, 0.1) is 0 Å². The number of nitrogens with zero attached hydrogens (tertiary/aromatic N) is 3. The SMILES string of the molecule is COc1ccc(CCC(=O)N2CCCN(CCC(=O)N3CCc4ccccc43)CC2)cc1. The van der Waals surface area contributed by atoms with Crippen LogP contribution in [0.25, 0.3) is 0 Å². The number of benzene rings is 2. The Bertz CT molecular complexity index is 928. The first-order chi connectivity index (χ1) is 15.6. The molecule has 2 aliphatic heterocycles. The van der Waals surface area contributed by atoms with Gasteiger partial charge in [0.1, 0.15) is 5.75 Å². The Balaban J connectivity index is 1.21. The summed E-state index contributed by atoms with van der Waals surface area (Å²) in [4.78, 5) is 31.8. The molecule has 6 nitrogen and oxygen atoms in total. The van der Waals surface area contributed by atoms with Crippen LogP contribution in [-0.2, 0) is 22.4 Å². The van der Waals surface area contributed by atoms with Crippen LogP contribution in [0.2, 0.25) is 0 Å². The lowest BCUT2D eigenvalue weighted by Crippen LogP contribution is -2.37. The highest BCUT2D eigenvalue weighted by Crippen LogP contribution is 2.27. The molecular weight excluding hydrogens is 402 g/mol. The molecule has 0 bridgehead atoms. The second kappa shape index (κ2) is 10.6. The van der Waals surface area contributed by atoms with Crippen LogP contribution in [0.15, 0.2) is 48.5 Å². The Morgan fingerprint density at radius 2 is 1.69 bits per heavy atom. The molecule has 32 heavy (non-hydrogen) atoms. The molecule has 4 rings (SSSR count). The maximum Gasteiger partial charge on any atom is 0.228 e. The molecule has 2 heterocycles. The van der Waals surface area contributed by atoms with Gasteiger partial charge < -0.3 is 19.4 Å². The summed E-state index contributed by atoms with van der Waals surface area (Å²) in [6.07, 6.45) is 3.70. The number of methoxy groups -OCH3 is 1. The fraction of sp³-hybridized carbons (Fsp3) is 0.462. The van der Waals surface area contributed by atoms with Crippen LogP contribution in [0.1, 0.15) is 30.4 Å². The molecule has 0 saturated carbocycles. The van der Waals surface area contributed by atoms with Crippen molar-refractivity contribution in [3.63, 3.8) is 0 Å². The summed E-state index contributed by atoms with van der Waals surface area (Å²) >= 11 is 0. The molecule has 0 unspecified atom stereocenters. The molecule has 2 aromatic carbocycles. The summed E-state index contributed by atoms with van der Waals surface area (Å²) in [5.74, 6) is 1.25. The predicted molar refractivity (Wildman–Crippen MR) is 126 cm³/mol. The minimum absolute atomic E-state index is 0.201. The van der Waals surface area contributed by atoms with Gasteiger partial charge in [-0.3, -0.25) is 9.59 Å². The number of para-hydroxylation sites is 1. The molecule has 2 aromatic rings. The average molecular weight is 436 g/mol. The fourth-order valence-corrected chi connectivity index (χ4v) is 4.63. The number of hydrogen-bond donors (Lipinski definition) is 0. The van der Waals surface area contributed by atoms with Crippen molar-refractivity contribution in [3.05, 3.63) is 59.7 Å². The standard InChI is InChI=1S/C26H33N3O3/c1-32-23-10-7-21(8-11-23)9-12-25(30)28-16-4-15-27(19-20-28)17-14-26(31)29-18-13-22-5-2-3-6-24(22)29/h2-3,5-8,10-11H,4,9,12-20H2,1H3. The number of ether oxygens (including phenoxy) is 1. The summed E-state index contributed by atoms with van der Waals surface area (Å²) < 4.78 is 5.19. The Kier molecular flexibility index (Phi) is 7.43. The van der Waals surface area contributed by atoms with Crippen molar-refractivity contribution in [1.29, 1.82) is 0 Å². The van der Waals surface area contributed by atoms with E-state index >= 15 is 0 Å². The summed E-state index contributed by atoms with van der Waals surface area (Å²) in [7, 11) is 1.66. The molecule has 0 N–H and O–H groups in total. The predicted octanol–water partition coefficient (Wildman–Crippen LogP) is 3.14. The minimum Gasteiger partial charge on any atom is -0.497 e. The maximum atomic E-state index is 12.8. The molecule has 6 heteroatoms. The lowest BCUT2D eigenvalue weighted by Gasteiger charge is -2.23. The van der Waals surface area contributed by atoms with E-state index in [-0.39, 0.29) is 11.8 Å². The molecule has 170 valence electrons. The van der Waals surface area contributed by atoms with E-state index in [0.29, 0.717) is 12.8 Å². The van der Waals surface area contributed by atoms with E-state index in [1.807, 2.05) is 52.3 Å². The van der Waals surface area contributed by atoms with Crippen LogP contribution in [0.4, 0.5) is 5.69 Å². The summed E-state index contributed by atoms with van der Waals surface area (Å²) in [5, 5.41) is 0. The van der Waals surface area contributed by atoms with Gasteiger partial charge in [0.15, 0.2) is 0 Å². The van der Waals surface area contributed by atoms with E-state index in [9.17, 15) is 9.59 Å². The quantitative estimate of drug-likeness (QED) is 0.671. The first kappa shape index (κ1) is 22.3. The molecule has 2 amide bonds. The Morgan fingerprint density at radius 3 is 2.50 bits per heavy atom. The number of carbonyl (C=O) groups is 2. The average Bonchev–Trinajstić information content (AvgIpc) is 3.12. The molecule has 2 aliphatic rings. The lowest BCUT2D eigenvalue weighted by atomic mass is 10.1. The third-order valence-corrected chi connectivity index (χ3v) is 6.56. The topological polar surface area (TPSA) is 53.1 Å². The van der Waals surface area contributed by atoms with Crippen molar-refractivity contribution in [2.75, 3.05) is 51.3 Å². The molecule has 0 atom stereocenters. The van der Waals surface area contributed by atoms with E-state index in [1.165, 1.54) is 5.56 Å². The van der Waals surface area contributed by atoms with Gasteiger partial charge in [-0.05, 0) is 55.1 Å². The van der Waals surface area contributed by atoms with Gasteiger partial charge in [0.25, 0.3) is 0 Å². The third-order valence-electron chi connectivity index (χ3n) is 6.56. The highest BCUT2D eigenvalue weighted by atomic mass is 16.5. The molecule has 0 spiro atoms. The zero-order valence-corrected chi connectivity index (χ0v) is 19.0. The first-order valence-electron chi connectivity index (χ1n) is 11.7.